The zero-order chi connectivity index (χ0) is 9.84. The highest BCUT2D eigenvalue weighted by molar-refractivity contribution is 5.22. The lowest BCUT2D eigenvalue weighted by molar-refractivity contribution is -0.00540. The number of methoxy groups -OCH3 is 1. The molecule has 0 aliphatic rings. The summed E-state index contributed by atoms with van der Waals surface area (Å²) >= 11 is 0. The minimum Gasteiger partial charge on any atom is -0.362 e. The molecule has 1 unspecified atom stereocenters. The van der Waals surface area contributed by atoms with Gasteiger partial charge in [-0.05, 0) is 26.6 Å². The first kappa shape index (κ1) is 10.2. The molecule has 2 nitrogen and oxygen atoms in total. The molecule has 13 heavy (non-hydrogen) atoms. The van der Waals surface area contributed by atoms with Gasteiger partial charge in [0.05, 0.1) is 0 Å². The number of rotatable bonds is 3. The van der Waals surface area contributed by atoms with Crippen molar-refractivity contribution in [2.75, 3.05) is 21.2 Å². The van der Waals surface area contributed by atoms with E-state index in [0.29, 0.717) is 0 Å². The Labute approximate surface area is 80.1 Å². The maximum Gasteiger partial charge on any atom is 0.135 e. The van der Waals surface area contributed by atoms with Gasteiger partial charge >= 0.3 is 0 Å². The van der Waals surface area contributed by atoms with Crippen LogP contribution in [0.15, 0.2) is 24.3 Å². The van der Waals surface area contributed by atoms with Gasteiger partial charge in [-0.1, -0.05) is 29.8 Å². The molecule has 0 bridgehead atoms. The largest absolute Gasteiger partial charge is 0.362 e. The molecule has 0 aliphatic heterocycles. The summed E-state index contributed by atoms with van der Waals surface area (Å²) in [7, 11) is 5.74. The van der Waals surface area contributed by atoms with Crippen LogP contribution in [0.25, 0.3) is 0 Å². The first-order valence-electron chi connectivity index (χ1n) is 4.41. The highest BCUT2D eigenvalue weighted by atomic mass is 16.5. The fourth-order valence-corrected chi connectivity index (χ4v) is 1.38. The lowest BCUT2D eigenvalue weighted by Gasteiger charge is -2.22. The summed E-state index contributed by atoms with van der Waals surface area (Å²) in [6, 6.07) is 8.41. The van der Waals surface area contributed by atoms with E-state index in [0.717, 1.165) is 0 Å². The van der Waals surface area contributed by atoms with Gasteiger partial charge in [-0.2, -0.15) is 0 Å². The highest BCUT2D eigenvalue weighted by Gasteiger charge is 2.11. The SMILES string of the molecule is COC(c1ccc(C)cc1)N(C)C. The quantitative estimate of drug-likeness (QED) is 0.659. The van der Waals surface area contributed by atoms with Crippen LogP contribution in [0.1, 0.15) is 17.4 Å². The molecule has 72 valence electrons. The molecule has 0 saturated heterocycles. The maximum atomic E-state index is 5.36. The van der Waals surface area contributed by atoms with E-state index >= 15 is 0 Å². The average molecular weight is 179 g/mol. The van der Waals surface area contributed by atoms with Crippen LogP contribution in [-0.2, 0) is 4.74 Å². The third-order valence-electron chi connectivity index (χ3n) is 2.05. The van der Waals surface area contributed by atoms with Gasteiger partial charge < -0.3 is 4.74 Å². The van der Waals surface area contributed by atoms with E-state index in [1.165, 1.54) is 11.1 Å². The first-order valence-corrected chi connectivity index (χ1v) is 4.41. The van der Waals surface area contributed by atoms with Gasteiger partial charge in [-0.3, -0.25) is 4.90 Å². The van der Waals surface area contributed by atoms with Gasteiger partial charge in [-0.15, -0.1) is 0 Å². The summed E-state index contributed by atoms with van der Waals surface area (Å²) in [5.41, 5.74) is 2.47. The maximum absolute atomic E-state index is 5.36. The van der Waals surface area contributed by atoms with Crippen LogP contribution in [0.4, 0.5) is 0 Å². The number of hydrogen-bond donors (Lipinski definition) is 0. The molecule has 0 aromatic heterocycles. The Morgan fingerprint density at radius 2 is 1.69 bits per heavy atom. The van der Waals surface area contributed by atoms with Crippen LogP contribution in [0, 0.1) is 6.92 Å². The Kier molecular flexibility index (Phi) is 3.46. The van der Waals surface area contributed by atoms with Gasteiger partial charge in [-0.25, -0.2) is 0 Å². The number of hydrogen-bond acceptors (Lipinski definition) is 2. The zero-order valence-corrected chi connectivity index (χ0v) is 8.74. The number of ether oxygens (including phenoxy) is 1. The van der Waals surface area contributed by atoms with Gasteiger partial charge in [0.15, 0.2) is 0 Å². The van der Waals surface area contributed by atoms with Crippen LogP contribution >= 0.6 is 0 Å². The molecule has 1 atom stereocenters. The standard InChI is InChI=1S/C11H17NO/c1-9-5-7-10(8-6-9)11(13-4)12(2)3/h5-8,11H,1-4H3. The molecule has 0 heterocycles. The number of benzene rings is 1. The van der Waals surface area contributed by atoms with Gasteiger partial charge in [0.1, 0.15) is 6.23 Å². The van der Waals surface area contributed by atoms with Crippen molar-refractivity contribution in [3.05, 3.63) is 35.4 Å². The zero-order valence-electron chi connectivity index (χ0n) is 8.74. The fourth-order valence-electron chi connectivity index (χ4n) is 1.38. The normalized spacial score (nSPS) is 13.3. The molecular weight excluding hydrogens is 162 g/mol. The van der Waals surface area contributed by atoms with Crippen molar-refractivity contribution in [2.45, 2.75) is 13.2 Å². The van der Waals surface area contributed by atoms with E-state index in [9.17, 15) is 0 Å². The molecule has 0 fully saturated rings. The van der Waals surface area contributed by atoms with Crippen molar-refractivity contribution in [1.29, 1.82) is 0 Å². The van der Waals surface area contributed by atoms with Crippen LogP contribution in [0.3, 0.4) is 0 Å². The van der Waals surface area contributed by atoms with Crippen molar-refractivity contribution < 1.29 is 4.74 Å². The summed E-state index contributed by atoms with van der Waals surface area (Å²) < 4.78 is 5.36. The Morgan fingerprint density at radius 3 is 2.08 bits per heavy atom. The molecule has 0 spiro atoms. The smallest absolute Gasteiger partial charge is 0.135 e. The molecule has 0 aliphatic carbocycles. The van der Waals surface area contributed by atoms with Crippen molar-refractivity contribution in [3.63, 3.8) is 0 Å². The topological polar surface area (TPSA) is 12.5 Å². The van der Waals surface area contributed by atoms with Crippen LogP contribution in [0.5, 0.6) is 0 Å². The van der Waals surface area contributed by atoms with E-state index < -0.39 is 0 Å². The van der Waals surface area contributed by atoms with E-state index in [1.807, 2.05) is 19.0 Å². The highest BCUT2D eigenvalue weighted by Crippen LogP contribution is 2.18. The number of nitrogens with zero attached hydrogens (tertiary/aromatic N) is 1. The third-order valence-corrected chi connectivity index (χ3v) is 2.05. The summed E-state index contributed by atoms with van der Waals surface area (Å²) in [5, 5.41) is 0. The van der Waals surface area contributed by atoms with E-state index in [1.54, 1.807) is 7.11 Å². The molecule has 0 radical (unpaired) electrons. The second-order valence-corrected chi connectivity index (χ2v) is 3.46. The molecule has 2 heteroatoms. The molecule has 0 N–H and O–H groups in total. The van der Waals surface area contributed by atoms with E-state index in [-0.39, 0.29) is 6.23 Å². The lowest BCUT2D eigenvalue weighted by atomic mass is 10.1. The fraction of sp³-hybridized carbons (Fsp3) is 0.455. The summed E-state index contributed by atoms with van der Waals surface area (Å²) in [6.45, 7) is 2.08. The Hall–Kier alpha value is -0.860. The third kappa shape index (κ3) is 2.54. The molecule has 0 saturated carbocycles. The van der Waals surface area contributed by atoms with Crippen molar-refractivity contribution >= 4 is 0 Å². The van der Waals surface area contributed by atoms with Crippen molar-refractivity contribution in [3.8, 4) is 0 Å². The summed E-state index contributed by atoms with van der Waals surface area (Å²) in [5.74, 6) is 0. The summed E-state index contributed by atoms with van der Waals surface area (Å²) in [4.78, 5) is 2.05. The first-order chi connectivity index (χ1) is 6.15. The summed E-state index contributed by atoms with van der Waals surface area (Å²) in [6.07, 6.45) is 0.0561. The molecule has 1 rings (SSSR count). The van der Waals surface area contributed by atoms with Crippen molar-refractivity contribution in [2.24, 2.45) is 0 Å². The van der Waals surface area contributed by atoms with Gasteiger partial charge in [0.2, 0.25) is 0 Å². The van der Waals surface area contributed by atoms with Crippen LogP contribution < -0.4 is 0 Å². The second-order valence-electron chi connectivity index (χ2n) is 3.46. The predicted octanol–water partition coefficient (Wildman–Crippen LogP) is 2.20. The van der Waals surface area contributed by atoms with Crippen LogP contribution in [-0.4, -0.2) is 26.1 Å². The van der Waals surface area contributed by atoms with Crippen LogP contribution in [0.2, 0.25) is 0 Å². The minimum atomic E-state index is 0.0561. The van der Waals surface area contributed by atoms with Crippen molar-refractivity contribution in [1.82, 2.24) is 4.90 Å². The van der Waals surface area contributed by atoms with Gasteiger partial charge in [0, 0.05) is 7.11 Å². The Balaban J connectivity index is 2.86. The van der Waals surface area contributed by atoms with E-state index in [2.05, 4.69) is 31.2 Å². The molecule has 1 aromatic rings. The molecule has 1 aromatic carbocycles. The monoisotopic (exact) mass is 179 g/mol. The minimum absolute atomic E-state index is 0.0561. The number of aryl methyl sites for hydroxylation is 1. The Morgan fingerprint density at radius 1 is 1.15 bits per heavy atom. The molecule has 0 amide bonds. The van der Waals surface area contributed by atoms with Gasteiger partial charge in [0.25, 0.3) is 0 Å². The Bertz CT molecular complexity index is 253. The molecular formula is C11H17NO. The lowest BCUT2D eigenvalue weighted by Crippen LogP contribution is -2.21. The second kappa shape index (κ2) is 4.40. The predicted molar refractivity (Wildman–Crippen MR) is 54.6 cm³/mol. The average Bonchev–Trinajstić information content (AvgIpc) is 2.09. The van der Waals surface area contributed by atoms with E-state index in [4.69, 9.17) is 4.74 Å².